The highest BCUT2D eigenvalue weighted by Gasteiger charge is 2.17. The summed E-state index contributed by atoms with van der Waals surface area (Å²) in [5.74, 6) is 2.73. The van der Waals surface area contributed by atoms with Crippen LogP contribution in [0.5, 0.6) is 17.2 Å². The molecule has 0 heterocycles. The van der Waals surface area contributed by atoms with Crippen molar-refractivity contribution in [2.75, 3.05) is 26.9 Å². The van der Waals surface area contributed by atoms with Crippen LogP contribution >= 0.6 is 0 Å². The first-order valence-electron chi connectivity index (χ1n) is 8.44. The normalized spacial score (nSPS) is 11.8. The van der Waals surface area contributed by atoms with E-state index < -0.39 is 0 Å². The van der Waals surface area contributed by atoms with Crippen LogP contribution < -0.4 is 19.9 Å². The molecule has 0 radical (unpaired) electrons. The average molecular weight is 329 g/mol. The number of hydrogen-bond donors (Lipinski definition) is 1. The second-order valence-corrected chi connectivity index (χ2v) is 5.55. The van der Waals surface area contributed by atoms with E-state index in [0.717, 1.165) is 29.2 Å². The maximum atomic E-state index is 6.06. The lowest BCUT2D eigenvalue weighted by Gasteiger charge is -2.20. The predicted octanol–water partition coefficient (Wildman–Crippen LogP) is 3.78. The van der Waals surface area contributed by atoms with Gasteiger partial charge in [0.25, 0.3) is 0 Å². The maximum absolute atomic E-state index is 6.06. The van der Waals surface area contributed by atoms with Crippen molar-refractivity contribution in [1.29, 1.82) is 0 Å². The van der Waals surface area contributed by atoms with Crippen molar-refractivity contribution >= 4 is 0 Å². The summed E-state index contributed by atoms with van der Waals surface area (Å²) in [6, 6.07) is 14.1. The molecular formula is C20H27NO3. The summed E-state index contributed by atoms with van der Waals surface area (Å²) in [5, 5.41) is 0. The van der Waals surface area contributed by atoms with Gasteiger partial charge in [0, 0.05) is 12.0 Å². The molecule has 0 aromatic heterocycles. The van der Waals surface area contributed by atoms with E-state index in [1.54, 1.807) is 7.11 Å². The summed E-state index contributed by atoms with van der Waals surface area (Å²) in [6.07, 6.45) is 0.856. The summed E-state index contributed by atoms with van der Waals surface area (Å²) in [5.41, 5.74) is 8.41. The Morgan fingerprint density at radius 2 is 1.58 bits per heavy atom. The molecule has 1 unspecified atom stereocenters. The first-order valence-corrected chi connectivity index (χ1v) is 8.44. The molecule has 0 aliphatic carbocycles. The number of nitrogens with two attached hydrogens (primary N) is 1. The molecule has 1 atom stereocenters. The number of benzene rings is 2. The van der Waals surface area contributed by atoms with Crippen molar-refractivity contribution in [2.45, 2.75) is 26.2 Å². The summed E-state index contributed by atoms with van der Waals surface area (Å²) in [4.78, 5) is 0. The summed E-state index contributed by atoms with van der Waals surface area (Å²) >= 11 is 0. The van der Waals surface area contributed by atoms with Crippen LogP contribution in [0.1, 0.15) is 30.9 Å². The molecular weight excluding hydrogens is 302 g/mol. The van der Waals surface area contributed by atoms with Gasteiger partial charge in [0.1, 0.15) is 17.2 Å². The number of hydrogen-bond acceptors (Lipinski definition) is 4. The second-order valence-electron chi connectivity index (χ2n) is 5.55. The van der Waals surface area contributed by atoms with Crippen LogP contribution in [-0.4, -0.2) is 26.9 Å². The summed E-state index contributed by atoms with van der Waals surface area (Å²) < 4.78 is 16.6. The SMILES string of the molecule is CCOc1ccc(C(CN)Cc2ccc(OC)cc2)c(OCC)c1. The van der Waals surface area contributed by atoms with Crippen LogP contribution in [0.3, 0.4) is 0 Å². The standard InChI is InChI=1S/C20H27NO3/c1-4-23-18-10-11-19(20(13-18)24-5-2)16(14-21)12-15-6-8-17(22-3)9-7-15/h6-11,13,16H,4-5,12,14,21H2,1-3H3. The van der Waals surface area contributed by atoms with Gasteiger partial charge in [-0.15, -0.1) is 0 Å². The molecule has 0 bridgehead atoms. The fraction of sp³-hybridized carbons (Fsp3) is 0.400. The number of ether oxygens (including phenoxy) is 3. The number of methoxy groups -OCH3 is 1. The van der Waals surface area contributed by atoms with Gasteiger partial charge < -0.3 is 19.9 Å². The predicted molar refractivity (Wildman–Crippen MR) is 97.3 cm³/mol. The molecule has 4 heteroatoms. The molecule has 0 spiro atoms. The Balaban J connectivity index is 2.24. The van der Waals surface area contributed by atoms with Crippen LogP contribution in [0.15, 0.2) is 42.5 Å². The van der Waals surface area contributed by atoms with Crippen molar-refractivity contribution in [3.05, 3.63) is 53.6 Å². The molecule has 0 saturated heterocycles. The zero-order valence-corrected chi connectivity index (χ0v) is 14.7. The zero-order valence-electron chi connectivity index (χ0n) is 14.7. The molecule has 130 valence electrons. The van der Waals surface area contributed by atoms with E-state index >= 15 is 0 Å². The van der Waals surface area contributed by atoms with E-state index in [9.17, 15) is 0 Å². The molecule has 2 N–H and O–H groups in total. The van der Waals surface area contributed by atoms with Crippen LogP contribution in [0, 0.1) is 0 Å². The molecule has 2 rings (SSSR count). The second kappa shape index (κ2) is 9.18. The minimum absolute atomic E-state index is 0.190. The van der Waals surface area contributed by atoms with Crippen LogP contribution in [0.25, 0.3) is 0 Å². The monoisotopic (exact) mass is 329 g/mol. The average Bonchev–Trinajstić information content (AvgIpc) is 2.61. The van der Waals surface area contributed by atoms with Gasteiger partial charge in [-0.05, 0) is 56.1 Å². The van der Waals surface area contributed by atoms with Crippen molar-refractivity contribution in [1.82, 2.24) is 0 Å². The molecule has 4 nitrogen and oxygen atoms in total. The van der Waals surface area contributed by atoms with Crippen molar-refractivity contribution in [3.8, 4) is 17.2 Å². The highest BCUT2D eigenvalue weighted by atomic mass is 16.5. The Morgan fingerprint density at radius 1 is 0.917 bits per heavy atom. The first-order chi connectivity index (χ1) is 11.7. The molecule has 0 amide bonds. The minimum Gasteiger partial charge on any atom is -0.497 e. The molecule has 0 fully saturated rings. The van der Waals surface area contributed by atoms with E-state index in [-0.39, 0.29) is 5.92 Å². The van der Waals surface area contributed by atoms with E-state index in [1.165, 1.54) is 5.56 Å². The van der Waals surface area contributed by atoms with Gasteiger partial charge in [-0.2, -0.15) is 0 Å². The Morgan fingerprint density at radius 3 is 2.17 bits per heavy atom. The molecule has 0 aliphatic heterocycles. The Labute approximate surface area is 144 Å². The van der Waals surface area contributed by atoms with Gasteiger partial charge in [0.15, 0.2) is 0 Å². The smallest absolute Gasteiger partial charge is 0.126 e. The molecule has 2 aromatic carbocycles. The first kappa shape index (κ1) is 18.1. The topological polar surface area (TPSA) is 53.7 Å². The van der Waals surface area contributed by atoms with E-state index in [1.807, 2.05) is 38.1 Å². The van der Waals surface area contributed by atoms with Crippen LogP contribution in [0.4, 0.5) is 0 Å². The largest absolute Gasteiger partial charge is 0.497 e. The number of rotatable bonds is 9. The third-order valence-electron chi connectivity index (χ3n) is 3.96. The molecule has 2 aromatic rings. The van der Waals surface area contributed by atoms with Gasteiger partial charge >= 0.3 is 0 Å². The van der Waals surface area contributed by atoms with Crippen molar-refractivity contribution < 1.29 is 14.2 Å². The third-order valence-corrected chi connectivity index (χ3v) is 3.96. The minimum atomic E-state index is 0.190. The zero-order chi connectivity index (χ0) is 17.4. The summed E-state index contributed by atoms with van der Waals surface area (Å²) in [6.45, 7) is 5.76. The lowest BCUT2D eigenvalue weighted by atomic mass is 9.91. The van der Waals surface area contributed by atoms with Gasteiger partial charge in [0.2, 0.25) is 0 Å². The highest BCUT2D eigenvalue weighted by molar-refractivity contribution is 5.44. The van der Waals surface area contributed by atoms with Crippen molar-refractivity contribution in [3.63, 3.8) is 0 Å². The van der Waals surface area contributed by atoms with Gasteiger partial charge in [-0.1, -0.05) is 18.2 Å². The third kappa shape index (κ3) is 4.65. The fourth-order valence-electron chi connectivity index (χ4n) is 2.76. The van der Waals surface area contributed by atoms with E-state index in [2.05, 4.69) is 18.2 Å². The molecule has 24 heavy (non-hydrogen) atoms. The van der Waals surface area contributed by atoms with Gasteiger partial charge in [0.05, 0.1) is 20.3 Å². The van der Waals surface area contributed by atoms with Gasteiger partial charge in [-0.25, -0.2) is 0 Å². The molecule has 0 aliphatic rings. The van der Waals surface area contributed by atoms with Gasteiger partial charge in [-0.3, -0.25) is 0 Å². The Kier molecular flexibility index (Phi) is 6.94. The van der Waals surface area contributed by atoms with E-state index in [0.29, 0.717) is 19.8 Å². The Bertz CT molecular complexity index is 625. The Hall–Kier alpha value is -2.20. The summed E-state index contributed by atoms with van der Waals surface area (Å²) in [7, 11) is 1.67. The highest BCUT2D eigenvalue weighted by Crippen LogP contribution is 2.32. The lowest BCUT2D eigenvalue weighted by Crippen LogP contribution is -2.16. The van der Waals surface area contributed by atoms with E-state index in [4.69, 9.17) is 19.9 Å². The maximum Gasteiger partial charge on any atom is 0.126 e. The van der Waals surface area contributed by atoms with Crippen molar-refractivity contribution in [2.24, 2.45) is 5.73 Å². The fourth-order valence-corrected chi connectivity index (χ4v) is 2.76. The molecule has 0 saturated carbocycles. The van der Waals surface area contributed by atoms with Crippen LogP contribution in [0.2, 0.25) is 0 Å². The quantitative estimate of drug-likeness (QED) is 0.761. The lowest BCUT2D eigenvalue weighted by molar-refractivity contribution is 0.319. The van der Waals surface area contributed by atoms with Crippen LogP contribution in [-0.2, 0) is 6.42 Å².